The van der Waals surface area contributed by atoms with E-state index in [1.807, 2.05) is 0 Å². The van der Waals surface area contributed by atoms with Gasteiger partial charge in [0.1, 0.15) is 17.3 Å². The maximum atomic E-state index is 12.9. The Hall–Kier alpha value is -3.28. The van der Waals surface area contributed by atoms with Crippen LogP contribution in [0.2, 0.25) is 0 Å². The zero-order valence-corrected chi connectivity index (χ0v) is 12.5. The summed E-state index contributed by atoms with van der Waals surface area (Å²) in [6.45, 7) is 0. The van der Waals surface area contributed by atoms with Crippen molar-refractivity contribution in [2.75, 3.05) is 0 Å². The average Bonchev–Trinajstić information content (AvgIpc) is 3.06. The van der Waals surface area contributed by atoms with E-state index in [1.165, 1.54) is 24.5 Å². The van der Waals surface area contributed by atoms with E-state index in [9.17, 15) is 14.3 Å². The van der Waals surface area contributed by atoms with Crippen LogP contribution in [0.4, 0.5) is 4.39 Å². The van der Waals surface area contributed by atoms with Gasteiger partial charge in [0.15, 0.2) is 11.7 Å². The van der Waals surface area contributed by atoms with Gasteiger partial charge in [0.25, 0.3) is 0 Å². The Morgan fingerprint density at radius 1 is 1.17 bits per heavy atom. The Morgan fingerprint density at radius 2 is 1.96 bits per heavy atom. The van der Waals surface area contributed by atoms with E-state index in [0.29, 0.717) is 12.3 Å². The smallest absolute Gasteiger partial charge is 0.226 e. The molecule has 0 aliphatic heterocycles. The predicted octanol–water partition coefficient (Wildman–Crippen LogP) is 3.58. The minimum Gasteiger partial charge on any atom is -0.506 e. The van der Waals surface area contributed by atoms with Gasteiger partial charge in [-0.3, -0.25) is 9.78 Å². The highest BCUT2D eigenvalue weighted by Gasteiger charge is 2.13. The molecule has 0 aliphatic carbocycles. The van der Waals surface area contributed by atoms with Gasteiger partial charge in [-0.15, -0.1) is 0 Å². The zero-order chi connectivity index (χ0) is 16.9. The lowest BCUT2D eigenvalue weighted by Crippen LogP contribution is -1.96. The van der Waals surface area contributed by atoms with Crippen molar-refractivity contribution in [2.24, 2.45) is 0 Å². The molecule has 0 atom stereocenters. The Balaban J connectivity index is 1.73. The number of hydrogen-bond donors (Lipinski definition) is 1. The molecule has 0 saturated heterocycles. The monoisotopic (exact) mass is 324 g/mol. The maximum absolute atomic E-state index is 12.9. The quantitative estimate of drug-likeness (QED) is 0.441. The molecule has 6 heteroatoms. The molecule has 120 valence electrons. The molecule has 3 rings (SSSR count). The number of aliphatic hydroxyl groups is 1. The highest BCUT2D eigenvalue weighted by atomic mass is 19.1. The number of carbonyl (C=O) groups is 1. The fraction of sp³-hybridized carbons (Fsp3) is 0.0556. The normalized spacial score (nSPS) is 11.5. The van der Waals surface area contributed by atoms with Gasteiger partial charge in [0.05, 0.1) is 6.20 Å². The van der Waals surface area contributed by atoms with Crippen molar-refractivity contribution in [3.05, 3.63) is 89.7 Å². The number of benzene rings is 1. The van der Waals surface area contributed by atoms with E-state index >= 15 is 0 Å². The molecule has 1 aromatic carbocycles. The molecule has 0 bridgehead atoms. The highest BCUT2D eigenvalue weighted by molar-refractivity contribution is 6.05. The number of hydrogen-bond acceptors (Lipinski definition) is 5. The molecule has 2 aromatic heterocycles. The van der Waals surface area contributed by atoms with Gasteiger partial charge in [-0.05, 0) is 29.8 Å². The molecule has 5 nitrogen and oxygen atoms in total. The van der Waals surface area contributed by atoms with Gasteiger partial charge in [-0.2, -0.15) is 0 Å². The molecular weight excluding hydrogens is 311 g/mol. The molecule has 0 amide bonds. The number of nitrogens with zero attached hydrogens (tertiary/aromatic N) is 2. The Bertz CT molecular complexity index is 871. The summed E-state index contributed by atoms with van der Waals surface area (Å²) in [5.74, 6) is -0.754. The van der Waals surface area contributed by atoms with Crippen molar-refractivity contribution >= 4 is 11.5 Å². The number of ketones is 1. The van der Waals surface area contributed by atoms with Crippen LogP contribution in [-0.4, -0.2) is 20.9 Å². The molecule has 3 aromatic rings. The first-order valence-corrected chi connectivity index (χ1v) is 7.17. The van der Waals surface area contributed by atoms with Crippen LogP contribution in [0.1, 0.15) is 27.7 Å². The minimum atomic E-state index is -0.518. The van der Waals surface area contributed by atoms with Crippen molar-refractivity contribution in [1.29, 1.82) is 0 Å². The zero-order valence-electron chi connectivity index (χ0n) is 12.5. The van der Waals surface area contributed by atoms with E-state index in [2.05, 4.69) is 9.97 Å². The highest BCUT2D eigenvalue weighted by Crippen LogP contribution is 2.14. The molecule has 1 N–H and O–H groups in total. The van der Waals surface area contributed by atoms with Gasteiger partial charge < -0.3 is 9.52 Å². The van der Waals surface area contributed by atoms with E-state index in [1.54, 1.807) is 30.3 Å². The van der Waals surface area contributed by atoms with Crippen LogP contribution in [0.5, 0.6) is 0 Å². The lowest BCUT2D eigenvalue weighted by molar-refractivity contribution is 0.101. The number of aliphatic hydroxyl groups excluding tert-OH is 1. The van der Waals surface area contributed by atoms with E-state index in [0.717, 1.165) is 11.6 Å². The molecule has 24 heavy (non-hydrogen) atoms. The summed E-state index contributed by atoms with van der Waals surface area (Å²) in [5, 5.41) is 9.90. The van der Waals surface area contributed by atoms with Crippen LogP contribution < -0.4 is 0 Å². The Labute approximate surface area is 137 Å². The Morgan fingerprint density at radius 3 is 2.67 bits per heavy atom. The Kier molecular flexibility index (Phi) is 4.47. The first-order chi connectivity index (χ1) is 11.6. The summed E-state index contributed by atoms with van der Waals surface area (Å²) in [6, 6.07) is 10.9. The third kappa shape index (κ3) is 3.73. The van der Waals surface area contributed by atoms with Crippen LogP contribution in [0.15, 0.2) is 65.4 Å². The topological polar surface area (TPSA) is 76.2 Å². The fourth-order valence-corrected chi connectivity index (χ4v) is 2.07. The lowest BCUT2D eigenvalue weighted by atomic mass is 10.1. The van der Waals surface area contributed by atoms with Crippen molar-refractivity contribution < 1.29 is 18.7 Å². The fourth-order valence-electron chi connectivity index (χ4n) is 2.07. The number of allylic oxidation sites excluding steroid dienone is 1. The molecule has 0 aliphatic rings. The van der Waals surface area contributed by atoms with Gasteiger partial charge in [0, 0.05) is 18.7 Å². The van der Waals surface area contributed by atoms with Gasteiger partial charge in [-0.1, -0.05) is 18.2 Å². The van der Waals surface area contributed by atoms with Crippen LogP contribution in [0.3, 0.4) is 0 Å². The summed E-state index contributed by atoms with van der Waals surface area (Å²) in [6.07, 6.45) is 4.18. The number of rotatable bonds is 5. The van der Waals surface area contributed by atoms with Crippen LogP contribution in [0, 0.1) is 5.82 Å². The molecule has 0 fully saturated rings. The van der Waals surface area contributed by atoms with Gasteiger partial charge >= 0.3 is 0 Å². The van der Waals surface area contributed by atoms with E-state index in [4.69, 9.17) is 4.42 Å². The largest absolute Gasteiger partial charge is 0.506 e. The maximum Gasteiger partial charge on any atom is 0.226 e. The van der Waals surface area contributed by atoms with Crippen LogP contribution in [0.25, 0.3) is 5.76 Å². The van der Waals surface area contributed by atoms with Crippen LogP contribution in [-0.2, 0) is 6.42 Å². The van der Waals surface area contributed by atoms with Crippen molar-refractivity contribution in [3.63, 3.8) is 0 Å². The molecule has 2 heterocycles. The molecule has 0 unspecified atom stereocenters. The van der Waals surface area contributed by atoms with E-state index in [-0.39, 0.29) is 23.0 Å². The lowest BCUT2D eigenvalue weighted by Gasteiger charge is -1.98. The number of carbonyl (C=O) groups excluding carboxylic acids is 1. The second-order valence-corrected chi connectivity index (χ2v) is 5.03. The summed E-state index contributed by atoms with van der Waals surface area (Å²) in [7, 11) is 0. The minimum absolute atomic E-state index is 0.00888. The molecular formula is C18H13FN2O3. The third-order valence-corrected chi connectivity index (χ3v) is 3.26. The number of pyridine rings is 1. The second-order valence-electron chi connectivity index (χ2n) is 5.03. The van der Waals surface area contributed by atoms with Crippen molar-refractivity contribution in [3.8, 4) is 0 Å². The second kappa shape index (κ2) is 6.87. The van der Waals surface area contributed by atoms with Gasteiger partial charge in [-0.25, -0.2) is 9.37 Å². The van der Waals surface area contributed by atoms with Crippen molar-refractivity contribution in [2.45, 2.75) is 6.42 Å². The first-order valence-electron chi connectivity index (χ1n) is 7.17. The number of oxazole rings is 1. The van der Waals surface area contributed by atoms with Crippen molar-refractivity contribution in [1.82, 2.24) is 9.97 Å². The molecule has 0 radical (unpaired) electrons. The summed E-state index contributed by atoms with van der Waals surface area (Å²) in [4.78, 5) is 20.1. The molecule has 0 saturated carbocycles. The standard InChI is InChI=1S/C18H13FN2O3/c19-13-6-4-12(5-7-13)9-18-21-11-17(24-18)16(23)10-15(22)14-3-1-2-8-20-14/h1-8,10-11,22H,9H2/b15-10-. The summed E-state index contributed by atoms with van der Waals surface area (Å²) >= 11 is 0. The third-order valence-electron chi connectivity index (χ3n) is 3.26. The predicted molar refractivity (Wildman–Crippen MR) is 84.9 cm³/mol. The number of aromatic nitrogens is 2. The average molecular weight is 324 g/mol. The summed E-state index contributed by atoms with van der Waals surface area (Å²) in [5.41, 5.74) is 1.10. The van der Waals surface area contributed by atoms with E-state index < -0.39 is 5.78 Å². The molecule has 0 spiro atoms. The SMILES string of the molecule is O=C(/C=C(\O)c1ccccn1)c1cnc(Cc2ccc(F)cc2)o1. The summed E-state index contributed by atoms with van der Waals surface area (Å²) < 4.78 is 18.3. The first kappa shape index (κ1) is 15.6. The number of halogens is 1. The van der Waals surface area contributed by atoms with Crippen LogP contribution >= 0.6 is 0 Å². The van der Waals surface area contributed by atoms with Gasteiger partial charge in [0.2, 0.25) is 5.78 Å².